The Labute approximate surface area is 105 Å². The van der Waals surface area contributed by atoms with E-state index in [0.29, 0.717) is 10.6 Å². The number of rotatable bonds is 3. The van der Waals surface area contributed by atoms with Gasteiger partial charge in [0.15, 0.2) is 0 Å². The van der Waals surface area contributed by atoms with E-state index >= 15 is 0 Å². The third kappa shape index (κ3) is 3.08. The van der Waals surface area contributed by atoms with Crippen LogP contribution in [0.4, 0.5) is 4.39 Å². The average Bonchev–Trinajstić information content (AvgIpc) is 2.97. The molecule has 2 nitrogen and oxygen atoms in total. The summed E-state index contributed by atoms with van der Waals surface area (Å²) in [5.74, 6) is -0.155. The number of aliphatic hydroxyl groups excluding tert-OH is 1. The second kappa shape index (κ2) is 5.32. The summed E-state index contributed by atoms with van der Waals surface area (Å²) >= 11 is 5.72. The van der Waals surface area contributed by atoms with Crippen LogP contribution in [-0.2, 0) is 0 Å². The summed E-state index contributed by atoms with van der Waals surface area (Å²) in [5.41, 5.74) is 6.40. The van der Waals surface area contributed by atoms with Crippen molar-refractivity contribution in [3.05, 3.63) is 34.6 Å². The van der Waals surface area contributed by atoms with Crippen LogP contribution < -0.4 is 5.73 Å². The molecular weight excluding hydrogens is 252 g/mol. The maximum atomic E-state index is 13.0. The molecule has 1 aromatic carbocycles. The van der Waals surface area contributed by atoms with E-state index in [4.69, 9.17) is 17.3 Å². The molecule has 0 saturated heterocycles. The first-order valence-corrected chi connectivity index (χ1v) is 5.35. The predicted molar refractivity (Wildman–Crippen MR) is 64.3 cm³/mol. The van der Waals surface area contributed by atoms with Crippen molar-refractivity contribution in [2.45, 2.75) is 25.0 Å². The van der Waals surface area contributed by atoms with Gasteiger partial charge in [-0.15, -0.1) is 12.4 Å². The molecule has 0 unspecified atom stereocenters. The Balaban J connectivity index is 0.00000128. The Morgan fingerprint density at radius 1 is 1.38 bits per heavy atom. The van der Waals surface area contributed by atoms with Crippen molar-refractivity contribution in [2.75, 3.05) is 0 Å². The van der Waals surface area contributed by atoms with Crippen LogP contribution in [-0.4, -0.2) is 11.2 Å². The van der Waals surface area contributed by atoms with Gasteiger partial charge in [-0.25, -0.2) is 4.39 Å². The fourth-order valence-electron chi connectivity index (χ4n) is 1.70. The zero-order chi connectivity index (χ0) is 11.0. The van der Waals surface area contributed by atoms with Crippen LogP contribution >= 0.6 is 24.0 Å². The van der Waals surface area contributed by atoms with Crippen molar-refractivity contribution in [3.63, 3.8) is 0 Å². The first-order valence-electron chi connectivity index (χ1n) is 4.97. The number of aliphatic hydroxyl groups is 1. The average molecular weight is 266 g/mol. The first kappa shape index (κ1) is 13.7. The third-order valence-electron chi connectivity index (χ3n) is 2.74. The van der Waals surface area contributed by atoms with Crippen molar-refractivity contribution < 1.29 is 9.50 Å². The van der Waals surface area contributed by atoms with Crippen LogP contribution in [0.5, 0.6) is 0 Å². The molecule has 0 spiro atoms. The number of hydrogen-bond donors (Lipinski definition) is 2. The molecule has 1 fully saturated rings. The molecule has 1 aliphatic rings. The summed E-state index contributed by atoms with van der Waals surface area (Å²) < 4.78 is 13.0. The van der Waals surface area contributed by atoms with Crippen molar-refractivity contribution in [3.8, 4) is 0 Å². The van der Waals surface area contributed by atoms with E-state index < -0.39 is 18.0 Å². The molecule has 0 aromatic heterocycles. The Morgan fingerprint density at radius 3 is 2.50 bits per heavy atom. The highest BCUT2D eigenvalue weighted by atomic mass is 35.5. The SMILES string of the molecule is Cl.N[C@@H](c1cc(F)cc(Cl)c1)[C@H](O)C1CC1. The Hall–Kier alpha value is -0.350. The summed E-state index contributed by atoms with van der Waals surface area (Å²) in [6.45, 7) is 0. The van der Waals surface area contributed by atoms with E-state index in [-0.39, 0.29) is 18.3 Å². The van der Waals surface area contributed by atoms with Gasteiger partial charge < -0.3 is 10.8 Å². The van der Waals surface area contributed by atoms with E-state index in [0.717, 1.165) is 12.8 Å². The van der Waals surface area contributed by atoms with Crippen LogP contribution in [0.2, 0.25) is 5.02 Å². The van der Waals surface area contributed by atoms with Gasteiger partial charge in [-0.2, -0.15) is 0 Å². The topological polar surface area (TPSA) is 46.2 Å². The molecule has 90 valence electrons. The van der Waals surface area contributed by atoms with Gasteiger partial charge >= 0.3 is 0 Å². The smallest absolute Gasteiger partial charge is 0.125 e. The quantitative estimate of drug-likeness (QED) is 0.883. The van der Waals surface area contributed by atoms with Gasteiger partial charge in [0.1, 0.15) is 5.82 Å². The molecule has 3 N–H and O–H groups in total. The summed E-state index contributed by atoms with van der Waals surface area (Å²) in [6.07, 6.45) is 1.40. The minimum atomic E-state index is -0.595. The van der Waals surface area contributed by atoms with Gasteiger partial charge in [-0.1, -0.05) is 11.6 Å². The monoisotopic (exact) mass is 265 g/mol. The highest BCUT2D eigenvalue weighted by molar-refractivity contribution is 6.30. The maximum absolute atomic E-state index is 13.0. The molecule has 5 heteroatoms. The summed E-state index contributed by atoms with van der Waals surface area (Å²) in [4.78, 5) is 0. The lowest BCUT2D eigenvalue weighted by molar-refractivity contribution is 0.122. The number of benzene rings is 1. The highest BCUT2D eigenvalue weighted by Gasteiger charge is 2.34. The van der Waals surface area contributed by atoms with Crippen molar-refractivity contribution in [1.29, 1.82) is 0 Å². The molecule has 1 aliphatic carbocycles. The largest absolute Gasteiger partial charge is 0.391 e. The fraction of sp³-hybridized carbons (Fsp3) is 0.455. The predicted octanol–water partition coefficient (Wildman–Crippen LogP) is 2.67. The molecule has 0 heterocycles. The molecule has 0 aliphatic heterocycles. The van der Waals surface area contributed by atoms with E-state index in [1.54, 1.807) is 6.07 Å². The minimum Gasteiger partial charge on any atom is -0.391 e. The van der Waals surface area contributed by atoms with E-state index in [1.165, 1.54) is 12.1 Å². The highest BCUT2D eigenvalue weighted by Crippen LogP contribution is 2.37. The molecule has 0 amide bonds. The molecule has 1 saturated carbocycles. The number of hydrogen-bond acceptors (Lipinski definition) is 2. The molecule has 2 rings (SSSR count). The Kier molecular flexibility index (Phi) is 4.56. The Bertz CT molecular complexity index is 351. The van der Waals surface area contributed by atoms with Gasteiger partial charge in [0.05, 0.1) is 12.1 Å². The normalized spacial score (nSPS) is 18.8. The van der Waals surface area contributed by atoms with Gasteiger partial charge in [-0.05, 0) is 42.5 Å². The lowest BCUT2D eigenvalue weighted by atomic mass is 9.99. The van der Waals surface area contributed by atoms with Crippen molar-refractivity contribution in [1.82, 2.24) is 0 Å². The minimum absolute atomic E-state index is 0. The molecule has 0 radical (unpaired) electrons. The molecule has 0 bridgehead atoms. The summed E-state index contributed by atoms with van der Waals surface area (Å²) in [6, 6.07) is 3.59. The zero-order valence-electron chi connectivity index (χ0n) is 8.57. The number of nitrogens with two attached hydrogens (primary N) is 1. The summed E-state index contributed by atoms with van der Waals surface area (Å²) in [7, 11) is 0. The van der Waals surface area contributed by atoms with Crippen LogP contribution in [0.1, 0.15) is 24.4 Å². The lowest BCUT2D eigenvalue weighted by Gasteiger charge is -2.18. The fourth-order valence-corrected chi connectivity index (χ4v) is 1.93. The summed E-state index contributed by atoms with van der Waals surface area (Å²) in [5, 5.41) is 10.1. The van der Waals surface area contributed by atoms with Crippen LogP contribution in [0.15, 0.2) is 18.2 Å². The van der Waals surface area contributed by atoms with E-state index in [9.17, 15) is 9.50 Å². The first-order chi connectivity index (χ1) is 7.08. The van der Waals surface area contributed by atoms with Crippen LogP contribution in [0.25, 0.3) is 0 Å². The van der Waals surface area contributed by atoms with Crippen LogP contribution in [0.3, 0.4) is 0 Å². The van der Waals surface area contributed by atoms with Crippen molar-refractivity contribution in [2.24, 2.45) is 11.7 Å². The van der Waals surface area contributed by atoms with Gasteiger partial charge in [0.2, 0.25) is 0 Å². The van der Waals surface area contributed by atoms with Crippen molar-refractivity contribution >= 4 is 24.0 Å². The standard InChI is InChI=1S/C11H13ClFNO.ClH/c12-8-3-7(4-9(13)5-8)10(14)11(15)6-1-2-6;/h3-6,10-11,15H,1-2,14H2;1H/t10-,11+;/m0./s1. The third-order valence-corrected chi connectivity index (χ3v) is 2.96. The molecular formula is C11H14Cl2FNO. The van der Waals surface area contributed by atoms with Crippen LogP contribution in [0, 0.1) is 11.7 Å². The lowest BCUT2D eigenvalue weighted by Crippen LogP contribution is -2.27. The second-order valence-corrected chi connectivity index (χ2v) is 4.49. The second-order valence-electron chi connectivity index (χ2n) is 4.06. The van der Waals surface area contributed by atoms with Gasteiger partial charge in [-0.3, -0.25) is 0 Å². The van der Waals surface area contributed by atoms with Gasteiger partial charge in [0.25, 0.3) is 0 Å². The van der Waals surface area contributed by atoms with E-state index in [2.05, 4.69) is 0 Å². The van der Waals surface area contributed by atoms with Gasteiger partial charge in [0, 0.05) is 5.02 Å². The molecule has 16 heavy (non-hydrogen) atoms. The molecule has 1 aromatic rings. The number of halogens is 3. The Morgan fingerprint density at radius 2 is 2.00 bits per heavy atom. The van der Waals surface area contributed by atoms with E-state index in [1.807, 2.05) is 0 Å². The molecule has 2 atom stereocenters. The zero-order valence-corrected chi connectivity index (χ0v) is 10.1. The maximum Gasteiger partial charge on any atom is 0.125 e.